The van der Waals surface area contributed by atoms with Gasteiger partial charge in [-0.3, -0.25) is 0 Å². The minimum atomic E-state index is 0.161. The van der Waals surface area contributed by atoms with Crippen molar-refractivity contribution < 1.29 is 4.74 Å². The number of nitrogens with two attached hydrogens (primary N) is 1. The van der Waals surface area contributed by atoms with Gasteiger partial charge < -0.3 is 10.5 Å². The highest BCUT2D eigenvalue weighted by molar-refractivity contribution is 5.32. The Kier molecular flexibility index (Phi) is 3.96. The summed E-state index contributed by atoms with van der Waals surface area (Å²) in [6.07, 6.45) is 4.83. The Labute approximate surface area is 111 Å². The second-order valence-electron chi connectivity index (χ2n) is 6.38. The molecule has 0 saturated heterocycles. The van der Waals surface area contributed by atoms with Crippen molar-refractivity contribution >= 4 is 0 Å². The molecule has 0 bridgehead atoms. The Morgan fingerprint density at radius 2 is 1.89 bits per heavy atom. The molecule has 0 heterocycles. The summed E-state index contributed by atoms with van der Waals surface area (Å²) < 4.78 is 6.08. The Hall–Kier alpha value is -1.02. The van der Waals surface area contributed by atoms with Gasteiger partial charge in [0.05, 0.1) is 0 Å². The number of rotatable bonds is 2. The lowest BCUT2D eigenvalue weighted by Gasteiger charge is -2.29. The number of hydrogen-bond acceptors (Lipinski definition) is 2. The average molecular weight is 247 g/mol. The van der Waals surface area contributed by atoms with Crippen molar-refractivity contribution in [1.29, 1.82) is 0 Å². The molecule has 2 unspecified atom stereocenters. The third-order valence-electron chi connectivity index (χ3n) is 3.74. The van der Waals surface area contributed by atoms with Gasteiger partial charge in [-0.05, 0) is 42.4 Å². The van der Waals surface area contributed by atoms with Gasteiger partial charge in [0, 0.05) is 6.04 Å². The summed E-state index contributed by atoms with van der Waals surface area (Å²) in [4.78, 5) is 0. The average Bonchev–Trinajstić information content (AvgIpc) is 2.31. The summed E-state index contributed by atoms with van der Waals surface area (Å²) in [6.45, 7) is 6.66. The van der Waals surface area contributed by atoms with Crippen molar-refractivity contribution in [2.24, 2.45) is 5.73 Å². The smallest absolute Gasteiger partial charge is 0.120 e. The highest BCUT2D eigenvalue weighted by Gasteiger charge is 2.23. The molecule has 0 aromatic heterocycles. The fourth-order valence-electron chi connectivity index (χ4n) is 2.48. The summed E-state index contributed by atoms with van der Waals surface area (Å²) in [6, 6.07) is 8.62. The molecule has 1 aliphatic carbocycles. The number of ether oxygens (including phenoxy) is 1. The van der Waals surface area contributed by atoms with Gasteiger partial charge in [0.2, 0.25) is 0 Å². The van der Waals surface area contributed by atoms with Crippen LogP contribution in [-0.4, -0.2) is 12.1 Å². The van der Waals surface area contributed by atoms with E-state index in [-0.39, 0.29) is 17.6 Å². The predicted molar refractivity (Wildman–Crippen MR) is 76.0 cm³/mol. The topological polar surface area (TPSA) is 35.2 Å². The van der Waals surface area contributed by atoms with Crippen molar-refractivity contribution in [3.8, 4) is 5.75 Å². The fraction of sp³-hybridized carbons (Fsp3) is 0.625. The van der Waals surface area contributed by atoms with Crippen LogP contribution >= 0.6 is 0 Å². The quantitative estimate of drug-likeness (QED) is 0.866. The molecule has 1 aliphatic rings. The van der Waals surface area contributed by atoms with Crippen LogP contribution in [0.1, 0.15) is 52.0 Å². The standard InChI is InChI=1S/C16H25NO/c1-16(2,3)12-7-6-8-13(11-12)18-15-10-5-4-9-14(15)17/h6-8,11,14-15H,4-5,9-10,17H2,1-3H3. The molecule has 100 valence electrons. The van der Waals surface area contributed by atoms with E-state index in [9.17, 15) is 0 Å². The highest BCUT2D eigenvalue weighted by atomic mass is 16.5. The SMILES string of the molecule is CC(C)(C)c1cccc(OC2CCCCC2N)c1. The first-order valence-corrected chi connectivity index (χ1v) is 6.99. The van der Waals surface area contributed by atoms with E-state index in [1.54, 1.807) is 0 Å². The third kappa shape index (κ3) is 3.26. The van der Waals surface area contributed by atoms with Crippen molar-refractivity contribution in [1.82, 2.24) is 0 Å². The Morgan fingerprint density at radius 3 is 2.56 bits per heavy atom. The maximum Gasteiger partial charge on any atom is 0.120 e. The molecule has 2 heteroatoms. The maximum absolute atomic E-state index is 6.13. The van der Waals surface area contributed by atoms with E-state index in [0.717, 1.165) is 18.6 Å². The van der Waals surface area contributed by atoms with Crippen LogP contribution in [0.15, 0.2) is 24.3 Å². The predicted octanol–water partition coefficient (Wildman–Crippen LogP) is 3.63. The van der Waals surface area contributed by atoms with Crippen LogP contribution < -0.4 is 10.5 Å². The van der Waals surface area contributed by atoms with Gasteiger partial charge >= 0.3 is 0 Å². The molecule has 1 saturated carbocycles. The van der Waals surface area contributed by atoms with Crippen LogP contribution in [0.5, 0.6) is 5.75 Å². The summed E-state index contributed by atoms with van der Waals surface area (Å²) in [5.74, 6) is 0.963. The minimum absolute atomic E-state index is 0.161. The van der Waals surface area contributed by atoms with E-state index in [2.05, 4.69) is 39.0 Å². The summed E-state index contributed by atoms with van der Waals surface area (Å²) in [5.41, 5.74) is 7.60. The number of hydrogen-bond donors (Lipinski definition) is 1. The Bertz CT molecular complexity index is 394. The van der Waals surface area contributed by atoms with E-state index in [4.69, 9.17) is 10.5 Å². The first-order valence-electron chi connectivity index (χ1n) is 6.99. The largest absolute Gasteiger partial charge is 0.489 e. The lowest BCUT2D eigenvalue weighted by molar-refractivity contribution is 0.132. The van der Waals surface area contributed by atoms with Gasteiger partial charge in [-0.25, -0.2) is 0 Å². The molecule has 2 rings (SSSR count). The van der Waals surface area contributed by atoms with Crippen LogP contribution in [0.2, 0.25) is 0 Å². The van der Waals surface area contributed by atoms with Gasteiger partial charge in [0.25, 0.3) is 0 Å². The molecule has 18 heavy (non-hydrogen) atoms. The molecule has 1 aromatic rings. The van der Waals surface area contributed by atoms with Crippen LogP contribution in [0.3, 0.4) is 0 Å². The van der Waals surface area contributed by atoms with Crippen LogP contribution in [0, 0.1) is 0 Å². The Balaban J connectivity index is 2.09. The molecular formula is C16H25NO. The monoisotopic (exact) mass is 247 g/mol. The number of benzene rings is 1. The van der Waals surface area contributed by atoms with E-state index < -0.39 is 0 Å². The Morgan fingerprint density at radius 1 is 1.17 bits per heavy atom. The van der Waals surface area contributed by atoms with Gasteiger partial charge in [-0.15, -0.1) is 0 Å². The zero-order valence-electron chi connectivity index (χ0n) is 11.8. The normalized spacial score (nSPS) is 24.9. The van der Waals surface area contributed by atoms with Crippen molar-refractivity contribution in [2.45, 2.75) is 64.0 Å². The van der Waals surface area contributed by atoms with E-state index >= 15 is 0 Å². The lowest BCUT2D eigenvalue weighted by atomic mass is 9.87. The second kappa shape index (κ2) is 5.31. The molecule has 2 N–H and O–H groups in total. The minimum Gasteiger partial charge on any atom is -0.489 e. The molecule has 2 atom stereocenters. The van der Waals surface area contributed by atoms with Gasteiger partial charge in [-0.2, -0.15) is 0 Å². The van der Waals surface area contributed by atoms with Crippen LogP contribution in [0.25, 0.3) is 0 Å². The van der Waals surface area contributed by atoms with Crippen molar-refractivity contribution in [3.05, 3.63) is 29.8 Å². The summed E-state index contributed by atoms with van der Waals surface area (Å²) >= 11 is 0. The van der Waals surface area contributed by atoms with Gasteiger partial charge in [0.15, 0.2) is 0 Å². The maximum atomic E-state index is 6.13. The van der Waals surface area contributed by atoms with Crippen molar-refractivity contribution in [2.75, 3.05) is 0 Å². The van der Waals surface area contributed by atoms with E-state index in [1.165, 1.54) is 18.4 Å². The van der Waals surface area contributed by atoms with E-state index in [0.29, 0.717) is 0 Å². The second-order valence-corrected chi connectivity index (χ2v) is 6.38. The van der Waals surface area contributed by atoms with Gasteiger partial charge in [-0.1, -0.05) is 39.3 Å². The first kappa shape index (κ1) is 13.4. The van der Waals surface area contributed by atoms with E-state index in [1.807, 2.05) is 6.07 Å². The fourth-order valence-corrected chi connectivity index (χ4v) is 2.48. The molecule has 1 fully saturated rings. The molecule has 1 aromatic carbocycles. The van der Waals surface area contributed by atoms with Crippen LogP contribution in [-0.2, 0) is 5.41 Å². The summed E-state index contributed by atoms with van der Waals surface area (Å²) in [5, 5.41) is 0. The van der Waals surface area contributed by atoms with Crippen LogP contribution in [0.4, 0.5) is 0 Å². The molecular weight excluding hydrogens is 222 g/mol. The molecule has 0 aliphatic heterocycles. The zero-order valence-corrected chi connectivity index (χ0v) is 11.8. The van der Waals surface area contributed by atoms with Gasteiger partial charge in [0.1, 0.15) is 11.9 Å². The first-order chi connectivity index (χ1) is 8.47. The highest BCUT2D eigenvalue weighted by Crippen LogP contribution is 2.28. The van der Waals surface area contributed by atoms with Crippen molar-refractivity contribution in [3.63, 3.8) is 0 Å². The molecule has 2 nitrogen and oxygen atoms in total. The lowest BCUT2D eigenvalue weighted by Crippen LogP contribution is -2.41. The molecule has 0 radical (unpaired) electrons. The third-order valence-corrected chi connectivity index (χ3v) is 3.74. The summed E-state index contributed by atoms with van der Waals surface area (Å²) in [7, 11) is 0. The molecule has 0 amide bonds. The molecule has 0 spiro atoms. The zero-order chi connectivity index (χ0) is 13.2.